The molecule has 1 aromatic heterocycles. The van der Waals surface area contributed by atoms with E-state index >= 15 is 0 Å². The van der Waals surface area contributed by atoms with Gasteiger partial charge in [-0.1, -0.05) is 36.4 Å². The summed E-state index contributed by atoms with van der Waals surface area (Å²) >= 11 is 0. The van der Waals surface area contributed by atoms with Gasteiger partial charge in [0.15, 0.2) is 0 Å². The summed E-state index contributed by atoms with van der Waals surface area (Å²) in [7, 11) is 0. The van der Waals surface area contributed by atoms with Gasteiger partial charge in [-0.3, -0.25) is 4.98 Å². The van der Waals surface area contributed by atoms with Crippen LogP contribution in [0, 0.1) is 0 Å². The Hall–Kier alpha value is -2.35. The van der Waals surface area contributed by atoms with Crippen molar-refractivity contribution in [2.75, 3.05) is 0 Å². The molecule has 0 amide bonds. The molecule has 3 aromatic rings. The molecule has 1 heterocycles. The molecule has 0 atom stereocenters. The van der Waals surface area contributed by atoms with Crippen LogP contribution in [0.3, 0.4) is 0 Å². The van der Waals surface area contributed by atoms with E-state index in [1.807, 2.05) is 48.5 Å². The summed E-state index contributed by atoms with van der Waals surface area (Å²) in [6.45, 7) is 0. The fourth-order valence-corrected chi connectivity index (χ4v) is 1.96. The number of phenolic OH excluding ortho intramolecular Hbond substituents is 1. The average Bonchev–Trinajstić information content (AvgIpc) is 2.39. The van der Waals surface area contributed by atoms with Crippen LogP contribution in [0.4, 0.5) is 0 Å². The first-order chi connectivity index (χ1) is 8.34. The van der Waals surface area contributed by atoms with Crippen molar-refractivity contribution in [3.8, 4) is 16.9 Å². The van der Waals surface area contributed by atoms with Crippen LogP contribution in [-0.2, 0) is 0 Å². The van der Waals surface area contributed by atoms with E-state index in [-0.39, 0.29) is 5.75 Å². The van der Waals surface area contributed by atoms with E-state index in [0.717, 1.165) is 22.0 Å². The second-order valence-corrected chi connectivity index (χ2v) is 3.93. The van der Waals surface area contributed by atoms with Crippen molar-refractivity contribution in [2.24, 2.45) is 0 Å². The minimum atomic E-state index is 0.289. The molecule has 0 aliphatic heterocycles. The van der Waals surface area contributed by atoms with Crippen LogP contribution in [0.15, 0.2) is 60.8 Å². The summed E-state index contributed by atoms with van der Waals surface area (Å²) in [6, 6.07) is 17.3. The zero-order valence-corrected chi connectivity index (χ0v) is 9.17. The minimum Gasteiger partial charge on any atom is -0.507 e. The van der Waals surface area contributed by atoms with Gasteiger partial charge in [0, 0.05) is 17.1 Å². The minimum absolute atomic E-state index is 0.289. The monoisotopic (exact) mass is 221 g/mol. The molecule has 0 spiro atoms. The fraction of sp³-hybridized carbons (Fsp3) is 0. The van der Waals surface area contributed by atoms with Crippen LogP contribution in [0.25, 0.3) is 22.0 Å². The predicted octanol–water partition coefficient (Wildman–Crippen LogP) is 3.61. The Balaban J connectivity index is 2.27. The highest BCUT2D eigenvalue weighted by Gasteiger charge is 2.06. The molecular weight excluding hydrogens is 210 g/mol. The van der Waals surface area contributed by atoms with E-state index in [9.17, 15) is 5.11 Å². The Kier molecular flexibility index (Phi) is 2.26. The Morgan fingerprint density at radius 1 is 0.882 bits per heavy atom. The summed E-state index contributed by atoms with van der Waals surface area (Å²) in [6.07, 6.45) is 1.76. The van der Waals surface area contributed by atoms with Crippen molar-refractivity contribution >= 4 is 10.9 Å². The molecule has 0 aliphatic carbocycles. The molecule has 0 radical (unpaired) electrons. The highest BCUT2D eigenvalue weighted by molar-refractivity contribution is 5.87. The SMILES string of the molecule is Oc1cc2cccnc2cc1-c1ccccc1. The lowest BCUT2D eigenvalue weighted by Crippen LogP contribution is -1.82. The maximum absolute atomic E-state index is 10.0. The first-order valence-electron chi connectivity index (χ1n) is 5.48. The van der Waals surface area contributed by atoms with Gasteiger partial charge in [-0.2, -0.15) is 0 Å². The van der Waals surface area contributed by atoms with Gasteiger partial charge in [0.05, 0.1) is 5.52 Å². The molecule has 3 rings (SSSR count). The zero-order chi connectivity index (χ0) is 11.7. The maximum Gasteiger partial charge on any atom is 0.124 e. The summed E-state index contributed by atoms with van der Waals surface area (Å²) in [4.78, 5) is 4.30. The number of aromatic hydroxyl groups is 1. The maximum atomic E-state index is 10.0. The number of rotatable bonds is 1. The Morgan fingerprint density at radius 3 is 2.53 bits per heavy atom. The molecule has 82 valence electrons. The van der Waals surface area contributed by atoms with Crippen LogP contribution in [0.2, 0.25) is 0 Å². The van der Waals surface area contributed by atoms with Gasteiger partial charge < -0.3 is 5.11 Å². The van der Waals surface area contributed by atoms with Gasteiger partial charge in [-0.15, -0.1) is 0 Å². The Bertz CT molecular complexity index is 662. The number of nitrogens with zero attached hydrogens (tertiary/aromatic N) is 1. The van der Waals surface area contributed by atoms with Crippen molar-refractivity contribution in [1.29, 1.82) is 0 Å². The van der Waals surface area contributed by atoms with E-state index in [4.69, 9.17) is 0 Å². The highest BCUT2D eigenvalue weighted by atomic mass is 16.3. The van der Waals surface area contributed by atoms with E-state index in [0.29, 0.717) is 0 Å². The second kappa shape index (κ2) is 3.91. The molecule has 1 N–H and O–H groups in total. The molecule has 2 aromatic carbocycles. The van der Waals surface area contributed by atoms with Gasteiger partial charge in [0.1, 0.15) is 5.75 Å². The van der Waals surface area contributed by atoms with Crippen LogP contribution >= 0.6 is 0 Å². The number of phenols is 1. The topological polar surface area (TPSA) is 33.1 Å². The van der Waals surface area contributed by atoms with Crippen LogP contribution in [0.1, 0.15) is 0 Å². The quantitative estimate of drug-likeness (QED) is 0.681. The predicted molar refractivity (Wildman–Crippen MR) is 68.8 cm³/mol. The van der Waals surface area contributed by atoms with Crippen molar-refractivity contribution in [1.82, 2.24) is 4.98 Å². The van der Waals surface area contributed by atoms with Crippen LogP contribution in [0.5, 0.6) is 5.75 Å². The lowest BCUT2D eigenvalue weighted by Gasteiger charge is -2.06. The molecule has 2 heteroatoms. The van der Waals surface area contributed by atoms with Crippen molar-refractivity contribution in [3.63, 3.8) is 0 Å². The van der Waals surface area contributed by atoms with Gasteiger partial charge in [0.25, 0.3) is 0 Å². The van der Waals surface area contributed by atoms with E-state index in [2.05, 4.69) is 4.98 Å². The number of fused-ring (bicyclic) bond motifs is 1. The molecule has 0 saturated carbocycles. The first kappa shape index (κ1) is 9.85. The number of aromatic nitrogens is 1. The largest absolute Gasteiger partial charge is 0.507 e. The smallest absolute Gasteiger partial charge is 0.124 e. The summed E-state index contributed by atoms with van der Waals surface area (Å²) in [5, 5.41) is 11.0. The number of hydrogen-bond donors (Lipinski definition) is 1. The lowest BCUT2D eigenvalue weighted by atomic mass is 10.0. The Morgan fingerprint density at radius 2 is 1.71 bits per heavy atom. The number of benzene rings is 2. The third-order valence-corrected chi connectivity index (χ3v) is 2.81. The third kappa shape index (κ3) is 1.74. The fourth-order valence-electron chi connectivity index (χ4n) is 1.96. The molecule has 0 saturated heterocycles. The summed E-state index contributed by atoms with van der Waals surface area (Å²) in [5.41, 5.74) is 2.71. The zero-order valence-electron chi connectivity index (χ0n) is 9.17. The van der Waals surface area contributed by atoms with Crippen molar-refractivity contribution in [3.05, 3.63) is 60.8 Å². The molecule has 0 aliphatic rings. The van der Waals surface area contributed by atoms with E-state index in [1.54, 1.807) is 12.3 Å². The highest BCUT2D eigenvalue weighted by Crippen LogP contribution is 2.32. The first-order valence-corrected chi connectivity index (χ1v) is 5.48. The summed E-state index contributed by atoms with van der Waals surface area (Å²) < 4.78 is 0. The van der Waals surface area contributed by atoms with Gasteiger partial charge >= 0.3 is 0 Å². The van der Waals surface area contributed by atoms with Gasteiger partial charge in [-0.25, -0.2) is 0 Å². The van der Waals surface area contributed by atoms with Crippen molar-refractivity contribution in [2.45, 2.75) is 0 Å². The van der Waals surface area contributed by atoms with Crippen molar-refractivity contribution < 1.29 is 5.11 Å². The number of hydrogen-bond acceptors (Lipinski definition) is 2. The molecule has 0 fully saturated rings. The number of pyridine rings is 1. The van der Waals surface area contributed by atoms with E-state index < -0.39 is 0 Å². The molecule has 2 nitrogen and oxygen atoms in total. The molecule has 17 heavy (non-hydrogen) atoms. The average molecular weight is 221 g/mol. The molecule has 0 unspecified atom stereocenters. The van der Waals surface area contributed by atoms with E-state index in [1.165, 1.54) is 0 Å². The lowest BCUT2D eigenvalue weighted by molar-refractivity contribution is 0.478. The standard InChI is InChI=1S/C15H11NO/c17-15-9-12-7-4-8-16-14(12)10-13(15)11-5-2-1-3-6-11/h1-10,17H. The Labute approximate surface area is 99.2 Å². The third-order valence-electron chi connectivity index (χ3n) is 2.81. The van der Waals surface area contributed by atoms with Gasteiger partial charge in [0.2, 0.25) is 0 Å². The normalized spacial score (nSPS) is 10.6. The second-order valence-electron chi connectivity index (χ2n) is 3.93. The molecular formula is C15H11NO. The van der Waals surface area contributed by atoms with Gasteiger partial charge in [-0.05, 0) is 23.8 Å². The van der Waals surface area contributed by atoms with Crippen LogP contribution in [-0.4, -0.2) is 10.1 Å². The van der Waals surface area contributed by atoms with Crippen LogP contribution < -0.4 is 0 Å². The summed E-state index contributed by atoms with van der Waals surface area (Å²) in [5.74, 6) is 0.289. The molecule has 0 bridgehead atoms.